The molecule has 4 nitrogen and oxygen atoms in total. The maximum Gasteiger partial charge on any atom is 0.419 e. The number of nitrogens with zero attached hydrogens (tertiary/aromatic N) is 2. The van der Waals surface area contributed by atoms with E-state index in [4.69, 9.17) is 4.74 Å². The maximum atomic E-state index is 14.0. The first-order valence-corrected chi connectivity index (χ1v) is 5.74. The normalized spacial score (nSPS) is 13.0. The summed E-state index contributed by atoms with van der Waals surface area (Å²) in [6.45, 7) is 0. The van der Waals surface area contributed by atoms with Crippen molar-refractivity contribution < 1.29 is 27.4 Å². The molecule has 0 amide bonds. The van der Waals surface area contributed by atoms with Crippen molar-refractivity contribution in [3.05, 3.63) is 53.2 Å². The Kier molecular flexibility index (Phi) is 4.08. The lowest BCUT2D eigenvalue weighted by Gasteiger charge is -2.16. The second-order valence-electron chi connectivity index (χ2n) is 4.06. The molecule has 2 rings (SSSR count). The van der Waals surface area contributed by atoms with Crippen LogP contribution in [0.1, 0.15) is 22.9 Å². The van der Waals surface area contributed by atoms with Crippen LogP contribution in [0, 0.1) is 5.82 Å². The van der Waals surface area contributed by atoms with Gasteiger partial charge < -0.3 is 9.84 Å². The predicted molar refractivity (Wildman–Crippen MR) is 64.0 cm³/mol. The molecular weight excluding hydrogens is 292 g/mol. The minimum Gasteiger partial charge on any atom is -0.480 e. The van der Waals surface area contributed by atoms with Gasteiger partial charge in [-0.25, -0.2) is 9.37 Å². The summed E-state index contributed by atoms with van der Waals surface area (Å²) in [6.07, 6.45) is -4.09. The number of alkyl halides is 3. The van der Waals surface area contributed by atoms with E-state index in [1.54, 1.807) is 0 Å². The molecule has 1 heterocycles. The van der Waals surface area contributed by atoms with Crippen LogP contribution in [-0.2, 0) is 6.18 Å². The molecule has 0 radical (unpaired) electrons. The minimum absolute atomic E-state index is 0.0955. The van der Waals surface area contributed by atoms with Crippen molar-refractivity contribution in [3.63, 3.8) is 0 Å². The fourth-order valence-corrected chi connectivity index (χ4v) is 1.81. The van der Waals surface area contributed by atoms with Crippen molar-refractivity contribution in [2.45, 2.75) is 12.3 Å². The highest BCUT2D eigenvalue weighted by Gasteiger charge is 2.36. The summed E-state index contributed by atoms with van der Waals surface area (Å²) >= 11 is 0. The molecule has 1 aromatic carbocycles. The molecule has 8 heteroatoms. The van der Waals surface area contributed by atoms with E-state index < -0.39 is 29.2 Å². The number of ether oxygens (including phenoxy) is 1. The van der Waals surface area contributed by atoms with Gasteiger partial charge in [0.1, 0.15) is 17.6 Å². The second-order valence-corrected chi connectivity index (χ2v) is 4.06. The van der Waals surface area contributed by atoms with Crippen molar-refractivity contribution in [1.82, 2.24) is 9.97 Å². The van der Waals surface area contributed by atoms with Gasteiger partial charge in [0.25, 0.3) is 0 Å². The van der Waals surface area contributed by atoms with E-state index >= 15 is 0 Å². The molecule has 0 aliphatic carbocycles. The number of aliphatic hydroxyl groups is 1. The monoisotopic (exact) mass is 302 g/mol. The van der Waals surface area contributed by atoms with E-state index in [-0.39, 0.29) is 11.6 Å². The zero-order chi connectivity index (χ0) is 15.6. The number of aromatic nitrogens is 2. The van der Waals surface area contributed by atoms with E-state index in [0.717, 1.165) is 12.1 Å². The lowest BCUT2D eigenvalue weighted by molar-refractivity contribution is -0.140. The number of benzene rings is 1. The van der Waals surface area contributed by atoms with Gasteiger partial charge in [-0.15, -0.1) is 0 Å². The highest BCUT2D eigenvalue weighted by Crippen LogP contribution is 2.35. The topological polar surface area (TPSA) is 55.2 Å². The van der Waals surface area contributed by atoms with Gasteiger partial charge in [-0.1, -0.05) is 12.1 Å². The number of hydrogen-bond acceptors (Lipinski definition) is 4. The third-order valence-electron chi connectivity index (χ3n) is 2.77. The number of rotatable bonds is 3. The van der Waals surface area contributed by atoms with Crippen LogP contribution in [-0.4, -0.2) is 22.2 Å². The largest absolute Gasteiger partial charge is 0.480 e. The molecule has 1 aromatic heterocycles. The molecule has 1 N–H and O–H groups in total. The van der Waals surface area contributed by atoms with Crippen LogP contribution in [0.5, 0.6) is 5.88 Å². The Balaban J connectivity index is 2.52. The standard InChI is InChI=1S/C13H10F4N2O2/c1-21-12-10(18-5-6-19-12)11(20)7-3-2-4-8(9(7)14)13(15,16)17/h2-6,11,20H,1H3. The lowest BCUT2D eigenvalue weighted by Crippen LogP contribution is -2.13. The third-order valence-corrected chi connectivity index (χ3v) is 2.77. The summed E-state index contributed by atoms with van der Waals surface area (Å²) < 4.78 is 56.8. The Morgan fingerprint density at radius 2 is 1.86 bits per heavy atom. The van der Waals surface area contributed by atoms with Gasteiger partial charge in [-0.2, -0.15) is 13.2 Å². The molecule has 0 fully saturated rings. The van der Waals surface area contributed by atoms with Gasteiger partial charge in [-0.3, -0.25) is 4.98 Å². The van der Waals surface area contributed by atoms with E-state index in [2.05, 4.69) is 9.97 Å². The first-order chi connectivity index (χ1) is 9.86. The van der Waals surface area contributed by atoms with Gasteiger partial charge in [-0.05, 0) is 6.07 Å². The number of aliphatic hydroxyl groups excluding tert-OH is 1. The van der Waals surface area contributed by atoms with E-state index in [9.17, 15) is 22.7 Å². The quantitative estimate of drug-likeness (QED) is 0.886. The van der Waals surface area contributed by atoms with Crippen LogP contribution in [0.2, 0.25) is 0 Å². The number of hydrogen-bond donors (Lipinski definition) is 1. The molecule has 0 saturated heterocycles. The first kappa shape index (κ1) is 15.2. The van der Waals surface area contributed by atoms with Crippen molar-refractivity contribution in [3.8, 4) is 5.88 Å². The van der Waals surface area contributed by atoms with Gasteiger partial charge in [0, 0.05) is 18.0 Å². The Morgan fingerprint density at radius 1 is 1.19 bits per heavy atom. The molecular formula is C13H10F4N2O2. The predicted octanol–water partition coefficient (Wildman–Crippen LogP) is 2.72. The Labute approximate surface area is 117 Å². The van der Waals surface area contributed by atoms with Crippen LogP contribution < -0.4 is 4.74 Å². The summed E-state index contributed by atoms with van der Waals surface area (Å²) in [7, 11) is 1.25. The van der Waals surface area contributed by atoms with Crippen LogP contribution in [0.25, 0.3) is 0 Å². The molecule has 21 heavy (non-hydrogen) atoms. The zero-order valence-corrected chi connectivity index (χ0v) is 10.7. The second kappa shape index (κ2) is 5.65. The van der Waals surface area contributed by atoms with E-state index in [0.29, 0.717) is 6.07 Å². The van der Waals surface area contributed by atoms with Gasteiger partial charge in [0.05, 0.1) is 12.7 Å². The number of methoxy groups -OCH3 is 1. The summed E-state index contributed by atoms with van der Waals surface area (Å²) in [5.74, 6) is -1.65. The first-order valence-electron chi connectivity index (χ1n) is 5.74. The summed E-state index contributed by atoms with van der Waals surface area (Å²) in [5, 5.41) is 10.1. The Bertz CT molecular complexity index is 646. The highest BCUT2D eigenvalue weighted by molar-refractivity contribution is 5.35. The van der Waals surface area contributed by atoms with Gasteiger partial charge in [0.2, 0.25) is 5.88 Å². The molecule has 0 bridgehead atoms. The fourth-order valence-electron chi connectivity index (χ4n) is 1.81. The van der Waals surface area contributed by atoms with E-state index in [1.165, 1.54) is 19.5 Å². The van der Waals surface area contributed by atoms with Crippen LogP contribution in [0.15, 0.2) is 30.6 Å². The van der Waals surface area contributed by atoms with Gasteiger partial charge >= 0.3 is 6.18 Å². The van der Waals surface area contributed by atoms with Crippen molar-refractivity contribution >= 4 is 0 Å². The Hall–Kier alpha value is -2.22. The fraction of sp³-hybridized carbons (Fsp3) is 0.231. The number of halogens is 4. The average molecular weight is 302 g/mol. The minimum atomic E-state index is -4.85. The molecule has 1 unspecified atom stereocenters. The smallest absolute Gasteiger partial charge is 0.419 e. The van der Waals surface area contributed by atoms with Crippen LogP contribution >= 0.6 is 0 Å². The molecule has 0 saturated carbocycles. The molecule has 112 valence electrons. The lowest BCUT2D eigenvalue weighted by atomic mass is 10.0. The molecule has 0 aliphatic rings. The van der Waals surface area contributed by atoms with E-state index in [1.807, 2.05) is 0 Å². The van der Waals surface area contributed by atoms with Crippen LogP contribution in [0.3, 0.4) is 0 Å². The zero-order valence-electron chi connectivity index (χ0n) is 10.7. The average Bonchev–Trinajstić information content (AvgIpc) is 2.45. The van der Waals surface area contributed by atoms with Crippen molar-refractivity contribution in [2.24, 2.45) is 0 Å². The molecule has 1 atom stereocenters. The third kappa shape index (κ3) is 2.94. The van der Waals surface area contributed by atoms with Gasteiger partial charge in [0.15, 0.2) is 0 Å². The molecule has 0 aliphatic heterocycles. The van der Waals surface area contributed by atoms with Crippen LogP contribution in [0.4, 0.5) is 17.6 Å². The summed E-state index contributed by atoms with van der Waals surface area (Å²) in [4.78, 5) is 7.53. The SMILES string of the molecule is COc1nccnc1C(O)c1cccc(C(F)(F)F)c1F. The van der Waals surface area contributed by atoms with Crippen molar-refractivity contribution in [1.29, 1.82) is 0 Å². The summed E-state index contributed by atoms with van der Waals surface area (Å²) in [5.41, 5.74) is -2.18. The molecule has 0 spiro atoms. The van der Waals surface area contributed by atoms with Crippen molar-refractivity contribution in [2.75, 3.05) is 7.11 Å². The maximum absolute atomic E-state index is 14.0. The summed E-state index contributed by atoms with van der Waals surface area (Å²) in [6, 6.07) is 2.65. The Morgan fingerprint density at radius 3 is 2.48 bits per heavy atom. The molecule has 2 aromatic rings. The highest BCUT2D eigenvalue weighted by atomic mass is 19.4.